The third-order valence-corrected chi connectivity index (χ3v) is 6.91. The van der Waals surface area contributed by atoms with Crippen molar-refractivity contribution in [3.05, 3.63) is 33.3 Å². The van der Waals surface area contributed by atoms with Gasteiger partial charge < -0.3 is 9.64 Å². The fourth-order valence-electron chi connectivity index (χ4n) is 3.35. The maximum absolute atomic E-state index is 12.3. The van der Waals surface area contributed by atoms with E-state index >= 15 is 0 Å². The summed E-state index contributed by atoms with van der Waals surface area (Å²) in [6.07, 6.45) is 0.651. The Balaban J connectivity index is 1.48. The van der Waals surface area contributed by atoms with Crippen molar-refractivity contribution in [3.8, 4) is 5.75 Å². The molecule has 0 aliphatic carbocycles. The first-order chi connectivity index (χ1) is 12.7. The summed E-state index contributed by atoms with van der Waals surface area (Å²) in [4.78, 5) is 26.3. The number of benzene rings is 1. The van der Waals surface area contributed by atoms with E-state index in [4.69, 9.17) is 16.3 Å². The molecule has 1 aromatic carbocycles. The molecule has 1 aromatic rings. The first-order valence-electron chi connectivity index (χ1n) is 8.54. The number of nitrogens with zero attached hydrogens (tertiary/aromatic N) is 3. The van der Waals surface area contributed by atoms with Crippen LogP contribution in [0.3, 0.4) is 0 Å². The van der Waals surface area contributed by atoms with Gasteiger partial charge in [-0.1, -0.05) is 11.6 Å². The molecule has 0 saturated carbocycles. The number of rotatable bonds is 5. The Morgan fingerprint density at radius 3 is 2.56 bits per heavy atom. The first kappa shape index (κ1) is 19.8. The highest BCUT2D eigenvalue weighted by Gasteiger charge is 2.34. The van der Waals surface area contributed by atoms with Gasteiger partial charge in [0.15, 0.2) is 16.4 Å². The highest BCUT2D eigenvalue weighted by molar-refractivity contribution is 7.91. The van der Waals surface area contributed by atoms with E-state index in [0.717, 1.165) is 0 Å². The minimum atomic E-state index is -2.92. The van der Waals surface area contributed by atoms with Gasteiger partial charge in [-0.3, -0.25) is 19.8 Å². The van der Waals surface area contributed by atoms with Crippen LogP contribution in [0.2, 0.25) is 5.02 Å². The molecule has 11 heteroatoms. The zero-order valence-corrected chi connectivity index (χ0v) is 16.1. The monoisotopic (exact) mass is 417 g/mol. The second kappa shape index (κ2) is 7.99. The number of halogens is 1. The number of non-ortho nitro benzene ring substituents is 1. The maximum atomic E-state index is 12.3. The minimum absolute atomic E-state index is 0.0439. The summed E-state index contributed by atoms with van der Waals surface area (Å²) in [6.45, 7) is 2.06. The van der Waals surface area contributed by atoms with Crippen molar-refractivity contribution < 1.29 is 22.9 Å². The lowest BCUT2D eigenvalue weighted by atomic mass is 10.2. The summed E-state index contributed by atoms with van der Waals surface area (Å²) < 4.78 is 28.6. The van der Waals surface area contributed by atoms with Crippen LogP contribution in [-0.2, 0) is 14.6 Å². The molecule has 27 heavy (non-hydrogen) atoms. The molecule has 2 aliphatic rings. The van der Waals surface area contributed by atoms with Gasteiger partial charge in [0.2, 0.25) is 0 Å². The topological polar surface area (TPSA) is 110 Å². The number of hydrogen-bond acceptors (Lipinski definition) is 7. The summed E-state index contributed by atoms with van der Waals surface area (Å²) in [6, 6.07) is 3.85. The summed E-state index contributed by atoms with van der Waals surface area (Å²) >= 11 is 5.95. The highest BCUT2D eigenvalue weighted by atomic mass is 35.5. The Morgan fingerprint density at radius 1 is 1.30 bits per heavy atom. The molecule has 0 bridgehead atoms. The predicted molar refractivity (Wildman–Crippen MR) is 98.8 cm³/mol. The molecule has 148 valence electrons. The van der Waals surface area contributed by atoms with Gasteiger partial charge in [-0.05, 0) is 12.5 Å². The zero-order valence-electron chi connectivity index (χ0n) is 14.5. The number of carbonyl (C=O) groups excluding carboxylic acids is 1. The second-order valence-electron chi connectivity index (χ2n) is 6.63. The second-order valence-corrected chi connectivity index (χ2v) is 9.27. The minimum Gasteiger partial charge on any atom is -0.482 e. The van der Waals surface area contributed by atoms with Crippen LogP contribution in [0, 0.1) is 10.1 Å². The molecule has 0 aromatic heterocycles. The third-order valence-electron chi connectivity index (χ3n) is 4.87. The number of carbonyl (C=O) groups is 1. The van der Waals surface area contributed by atoms with Crippen molar-refractivity contribution in [1.82, 2.24) is 9.80 Å². The molecule has 0 radical (unpaired) electrons. The zero-order chi connectivity index (χ0) is 19.6. The van der Waals surface area contributed by atoms with Crippen molar-refractivity contribution in [1.29, 1.82) is 0 Å². The molecule has 3 rings (SSSR count). The van der Waals surface area contributed by atoms with Gasteiger partial charge in [0.25, 0.3) is 11.6 Å². The van der Waals surface area contributed by atoms with Gasteiger partial charge in [0, 0.05) is 44.4 Å². The van der Waals surface area contributed by atoms with E-state index in [-0.39, 0.29) is 46.5 Å². The van der Waals surface area contributed by atoms with Crippen LogP contribution in [0.15, 0.2) is 18.2 Å². The van der Waals surface area contributed by atoms with E-state index in [2.05, 4.69) is 4.90 Å². The lowest BCUT2D eigenvalue weighted by molar-refractivity contribution is -0.384. The Bertz CT molecular complexity index is 839. The van der Waals surface area contributed by atoms with Crippen molar-refractivity contribution >= 4 is 33.0 Å². The number of nitro groups is 1. The van der Waals surface area contributed by atoms with Gasteiger partial charge in [0.1, 0.15) is 5.75 Å². The summed E-state index contributed by atoms with van der Waals surface area (Å²) in [7, 11) is -2.92. The quantitative estimate of drug-likeness (QED) is 0.518. The standard InChI is InChI=1S/C16H20ClN3O6S/c17-14-9-12(20(22)23)1-2-15(14)26-10-16(21)19-6-4-18(5-7-19)13-3-8-27(24,25)11-13/h1-2,9,13H,3-8,10-11H2/t13-/m1/s1. The van der Waals surface area contributed by atoms with E-state index in [9.17, 15) is 23.3 Å². The van der Waals surface area contributed by atoms with Crippen LogP contribution in [0.25, 0.3) is 0 Å². The van der Waals surface area contributed by atoms with Gasteiger partial charge in [-0.25, -0.2) is 8.42 Å². The number of hydrogen-bond donors (Lipinski definition) is 0. The van der Waals surface area contributed by atoms with Crippen LogP contribution in [0.1, 0.15) is 6.42 Å². The lowest BCUT2D eigenvalue weighted by Crippen LogP contribution is -2.53. The molecular weight excluding hydrogens is 398 g/mol. The maximum Gasteiger partial charge on any atom is 0.271 e. The molecule has 1 atom stereocenters. The summed E-state index contributed by atoms with van der Waals surface area (Å²) in [5.41, 5.74) is -0.149. The summed E-state index contributed by atoms with van der Waals surface area (Å²) in [5, 5.41) is 10.8. The van der Waals surface area contributed by atoms with E-state index in [1.807, 2.05) is 0 Å². The Labute approximate surface area is 161 Å². The van der Waals surface area contributed by atoms with E-state index < -0.39 is 14.8 Å². The molecular formula is C16H20ClN3O6S. The van der Waals surface area contributed by atoms with Crippen molar-refractivity contribution in [3.63, 3.8) is 0 Å². The van der Waals surface area contributed by atoms with E-state index in [1.165, 1.54) is 18.2 Å². The molecule has 0 spiro atoms. The Morgan fingerprint density at radius 2 is 2.00 bits per heavy atom. The number of ether oxygens (including phenoxy) is 1. The van der Waals surface area contributed by atoms with Gasteiger partial charge in [-0.2, -0.15) is 0 Å². The van der Waals surface area contributed by atoms with Crippen molar-refractivity contribution in [2.45, 2.75) is 12.5 Å². The molecule has 2 saturated heterocycles. The van der Waals surface area contributed by atoms with Crippen LogP contribution in [0.4, 0.5) is 5.69 Å². The fourth-order valence-corrected chi connectivity index (χ4v) is 5.34. The van der Waals surface area contributed by atoms with Gasteiger partial charge in [-0.15, -0.1) is 0 Å². The Hall–Kier alpha value is -1.91. The highest BCUT2D eigenvalue weighted by Crippen LogP contribution is 2.28. The van der Waals surface area contributed by atoms with Crippen molar-refractivity contribution in [2.75, 3.05) is 44.3 Å². The number of nitro benzene ring substituents is 1. The lowest BCUT2D eigenvalue weighted by Gasteiger charge is -2.37. The van der Waals surface area contributed by atoms with E-state index in [1.54, 1.807) is 4.90 Å². The predicted octanol–water partition coefficient (Wildman–Crippen LogP) is 0.958. The van der Waals surface area contributed by atoms with Crippen LogP contribution in [0.5, 0.6) is 5.75 Å². The fraction of sp³-hybridized carbons (Fsp3) is 0.562. The average molecular weight is 418 g/mol. The van der Waals surface area contributed by atoms with Gasteiger partial charge >= 0.3 is 0 Å². The number of sulfone groups is 1. The van der Waals surface area contributed by atoms with Crippen LogP contribution < -0.4 is 4.74 Å². The van der Waals surface area contributed by atoms with Crippen molar-refractivity contribution in [2.24, 2.45) is 0 Å². The molecule has 0 N–H and O–H groups in total. The normalized spacial score (nSPS) is 22.6. The Kier molecular flexibility index (Phi) is 5.87. The average Bonchev–Trinajstić information content (AvgIpc) is 3.00. The van der Waals surface area contributed by atoms with Gasteiger partial charge in [0.05, 0.1) is 21.5 Å². The number of amides is 1. The van der Waals surface area contributed by atoms with E-state index in [0.29, 0.717) is 32.6 Å². The molecule has 2 heterocycles. The number of piperazine rings is 1. The largest absolute Gasteiger partial charge is 0.482 e. The SMILES string of the molecule is O=C(COc1ccc([N+](=O)[O-])cc1Cl)N1CCN([C@@H]2CCS(=O)(=O)C2)CC1. The first-order valence-corrected chi connectivity index (χ1v) is 10.7. The summed E-state index contributed by atoms with van der Waals surface area (Å²) in [5.74, 6) is 0.442. The van der Waals surface area contributed by atoms with Crippen LogP contribution in [-0.4, -0.2) is 79.4 Å². The third kappa shape index (κ3) is 4.88. The molecule has 0 unspecified atom stereocenters. The molecule has 2 fully saturated rings. The molecule has 1 amide bonds. The van der Waals surface area contributed by atoms with Crippen LogP contribution >= 0.6 is 11.6 Å². The smallest absolute Gasteiger partial charge is 0.271 e. The molecule has 2 aliphatic heterocycles. The molecule has 9 nitrogen and oxygen atoms in total.